The zero-order valence-electron chi connectivity index (χ0n) is 19.4. The summed E-state index contributed by atoms with van der Waals surface area (Å²) in [5, 5.41) is 17.8. The molecule has 3 N–H and O–H groups in total. The Balaban J connectivity index is 1.17. The summed E-state index contributed by atoms with van der Waals surface area (Å²) < 4.78 is 3.79. The van der Waals surface area contributed by atoms with E-state index in [4.69, 9.17) is 0 Å². The molecule has 0 saturated heterocycles. The van der Waals surface area contributed by atoms with Crippen LogP contribution in [-0.2, 0) is 17.8 Å². The number of amides is 2. The lowest BCUT2D eigenvalue weighted by Gasteiger charge is -2.11. The van der Waals surface area contributed by atoms with E-state index in [9.17, 15) is 9.59 Å². The van der Waals surface area contributed by atoms with Gasteiger partial charge in [-0.1, -0.05) is 0 Å². The highest BCUT2D eigenvalue weighted by molar-refractivity contribution is 7.21. The highest BCUT2D eigenvalue weighted by atomic mass is 32.1. The molecule has 0 bridgehead atoms. The molecule has 6 rings (SSSR count). The van der Waals surface area contributed by atoms with E-state index in [0.29, 0.717) is 28.6 Å². The van der Waals surface area contributed by atoms with E-state index in [1.807, 2.05) is 19.3 Å². The van der Waals surface area contributed by atoms with E-state index in [1.165, 1.54) is 29.9 Å². The van der Waals surface area contributed by atoms with Gasteiger partial charge in [0.1, 0.15) is 4.83 Å². The Morgan fingerprint density at radius 2 is 2.06 bits per heavy atom. The summed E-state index contributed by atoms with van der Waals surface area (Å²) in [4.78, 5) is 31.6. The fraction of sp³-hybridized carbons (Fsp3) is 0.375. The lowest BCUT2D eigenvalue weighted by Crippen LogP contribution is -2.29. The predicted octanol–water partition coefficient (Wildman–Crippen LogP) is 3.10. The second-order valence-corrected chi connectivity index (χ2v) is 10.2. The molecule has 180 valence electrons. The van der Waals surface area contributed by atoms with Crippen LogP contribution in [0.1, 0.15) is 41.0 Å². The number of fused-ring (bicyclic) bond motifs is 2. The van der Waals surface area contributed by atoms with E-state index in [-0.39, 0.29) is 18.4 Å². The summed E-state index contributed by atoms with van der Waals surface area (Å²) in [5.41, 5.74) is 4.59. The number of pyridine rings is 1. The molecule has 5 heterocycles. The standard InChI is InChI=1S/C24H26N8O2S/c1-14-19(7-16(9-26-14)29-22(33)12-25-8-15-4-5-15)30-23(34)18-11-28-32-13-21(35-24(18)32)17-10-27-31-6-2-3-20(17)31/h7,9-11,13,15,25H,2-6,8,12H2,1H3,(H,29,33)(H,30,34). The van der Waals surface area contributed by atoms with Crippen LogP contribution in [0, 0.1) is 12.8 Å². The SMILES string of the molecule is Cc1ncc(NC(=O)CNCC2CC2)cc1NC(=O)c1cnn2cc(-c3cnn4c3CCC4)sc12. The first kappa shape index (κ1) is 21.9. The van der Waals surface area contributed by atoms with Crippen LogP contribution in [0.5, 0.6) is 0 Å². The third-order valence-corrected chi connectivity index (χ3v) is 7.62. The fourth-order valence-corrected chi connectivity index (χ4v) is 5.46. The van der Waals surface area contributed by atoms with E-state index < -0.39 is 0 Å². The third-order valence-electron chi connectivity index (χ3n) is 6.47. The van der Waals surface area contributed by atoms with Crippen molar-refractivity contribution in [3.05, 3.63) is 47.8 Å². The van der Waals surface area contributed by atoms with Gasteiger partial charge in [0.2, 0.25) is 5.91 Å². The summed E-state index contributed by atoms with van der Waals surface area (Å²) in [7, 11) is 0. The lowest BCUT2D eigenvalue weighted by atomic mass is 10.2. The molecule has 0 radical (unpaired) electrons. The van der Waals surface area contributed by atoms with Gasteiger partial charge in [-0.2, -0.15) is 10.2 Å². The molecule has 0 aromatic carbocycles. The van der Waals surface area contributed by atoms with Gasteiger partial charge in [-0.3, -0.25) is 19.3 Å². The number of carbonyl (C=O) groups is 2. The van der Waals surface area contributed by atoms with Crippen LogP contribution >= 0.6 is 11.3 Å². The normalized spacial score (nSPS) is 14.9. The largest absolute Gasteiger partial charge is 0.324 e. The number of aryl methyl sites for hydroxylation is 2. The summed E-state index contributed by atoms with van der Waals surface area (Å²) in [6.07, 6.45) is 11.6. The number of nitrogens with zero attached hydrogens (tertiary/aromatic N) is 5. The van der Waals surface area contributed by atoms with Crippen LogP contribution in [0.4, 0.5) is 11.4 Å². The van der Waals surface area contributed by atoms with Crippen molar-refractivity contribution in [2.24, 2.45) is 5.92 Å². The van der Waals surface area contributed by atoms with Gasteiger partial charge in [-0.15, -0.1) is 11.3 Å². The van der Waals surface area contributed by atoms with Gasteiger partial charge in [-0.25, -0.2) is 4.52 Å². The summed E-state index contributed by atoms with van der Waals surface area (Å²) >= 11 is 1.53. The van der Waals surface area contributed by atoms with E-state index in [2.05, 4.69) is 35.8 Å². The molecular weight excluding hydrogens is 464 g/mol. The number of hydrogen-bond donors (Lipinski definition) is 3. The van der Waals surface area contributed by atoms with Crippen molar-refractivity contribution in [1.82, 2.24) is 29.7 Å². The number of thiazole rings is 1. The van der Waals surface area contributed by atoms with E-state index >= 15 is 0 Å². The van der Waals surface area contributed by atoms with Crippen molar-refractivity contribution in [2.45, 2.75) is 39.2 Å². The predicted molar refractivity (Wildman–Crippen MR) is 134 cm³/mol. The van der Waals surface area contributed by atoms with E-state index in [0.717, 1.165) is 41.2 Å². The highest BCUT2D eigenvalue weighted by Gasteiger charge is 2.22. The van der Waals surface area contributed by atoms with Crippen LogP contribution in [0.2, 0.25) is 0 Å². The quantitative estimate of drug-likeness (QED) is 0.349. The first-order valence-corrected chi connectivity index (χ1v) is 12.7. The Bertz CT molecular complexity index is 1430. The van der Waals surface area contributed by atoms with Crippen molar-refractivity contribution in [3.63, 3.8) is 0 Å². The molecule has 2 amide bonds. The number of nitrogens with one attached hydrogen (secondary N) is 3. The Morgan fingerprint density at radius 1 is 1.17 bits per heavy atom. The number of hydrogen-bond acceptors (Lipinski definition) is 7. The number of rotatable bonds is 8. The van der Waals surface area contributed by atoms with Gasteiger partial charge in [0.15, 0.2) is 0 Å². The molecule has 0 spiro atoms. The third kappa shape index (κ3) is 4.44. The van der Waals surface area contributed by atoms with Gasteiger partial charge in [0, 0.05) is 24.0 Å². The molecule has 1 saturated carbocycles. The summed E-state index contributed by atoms with van der Waals surface area (Å²) in [5.74, 6) is 0.305. The molecule has 4 aromatic rings. The minimum Gasteiger partial charge on any atom is -0.324 e. The molecular formula is C24H26N8O2S. The minimum atomic E-state index is -0.270. The van der Waals surface area contributed by atoms with Crippen molar-refractivity contribution >= 4 is 39.4 Å². The van der Waals surface area contributed by atoms with Crippen molar-refractivity contribution in [3.8, 4) is 10.4 Å². The molecule has 35 heavy (non-hydrogen) atoms. The molecule has 1 aliphatic heterocycles. The van der Waals surface area contributed by atoms with Gasteiger partial charge < -0.3 is 16.0 Å². The van der Waals surface area contributed by atoms with Gasteiger partial charge >= 0.3 is 0 Å². The maximum Gasteiger partial charge on any atom is 0.260 e. The van der Waals surface area contributed by atoms with Crippen LogP contribution in [0.15, 0.2) is 30.9 Å². The van der Waals surface area contributed by atoms with Crippen LogP contribution < -0.4 is 16.0 Å². The molecule has 0 unspecified atom stereocenters. The lowest BCUT2D eigenvalue weighted by molar-refractivity contribution is -0.115. The second kappa shape index (κ2) is 8.90. The van der Waals surface area contributed by atoms with Crippen LogP contribution in [-0.4, -0.2) is 49.3 Å². The molecule has 0 atom stereocenters. The fourth-order valence-electron chi connectivity index (χ4n) is 4.37. The minimum absolute atomic E-state index is 0.135. The average Bonchev–Trinajstić information content (AvgIpc) is 3.18. The molecule has 1 fully saturated rings. The van der Waals surface area contributed by atoms with Crippen molar-refractivity contribution in [2.75, 3.05) is 23.7 Å². The maximum absolute atomic E-state index is 13.2. The Hall–Kier alpha value is -3.57. The van der Waals surface area contributed by atoms with Gasteiger partial charge in [0.05, 0.1) is 52.6 Å². The van der Waals surface area contributed by atoms with Gasteiger partial charge in [0.25, 0.3) is 5.91 Å². The smallest absolute Gasteiger partial charge is 0.260 e. The average molecular weight is 491 g/mol. The number of anilines is 2. The monoisotopic (exact) mass is 490 g/mol. The second-order valence-electron chi connectivity index (χ2n) is 9.17. The molecule has 4 aromatic heterocycles. The first-order chi connectivity index (χ1) is 17.0. The van der Waals surface area contributed by atoms with Crippen LogP contribution in [0.25, 0.3) is 15.3 Å². The molecule has 11 heteroatoms. The molecule has 10 nitrogen and oxygen atoms in total. The van der Waals surface area contributed by atoms with Gasteiger partial charge in [-0.05, 0) is 51.1 Å². The molecule has 1 aliphatic carbocycles. The zero-order valence-corrected chi connectivity index (χ0v) is 20.2. The Kier molecular flexibility index (Phi) is 5.57. The first-order valence-electron chi connectivity index (χ1n) is 11.9. The van der Waals surface area contributed by atoms with Crippen LogP contribution in [0.3, 0.4) is 0 Å². The van der Waals surface area contributed by atoms with Crippen molar-refractivity contribution < 1.29 is 9.59 Å². The number of aromatic nitrogens is 5. The Labute approximate surface area is 205 Å². The highest BCUT2D eigenvalue weighted by Crippen LogP contribution is 2.35. The van der Waals surface area contributed by atoms with E-state index in [1.54, 1.807) is 23.0 Å². The summed E-state index contributed by atoms with van der Waals surface area (Å²) in [6.45, 7) is 3.89. The topological polar surface area (TPSA) is 118 Å². The zero-order chi connectivity index (χ0) is 23.9. The number of carbonyl (C=O) groups excluding carboxylic acids is 2. The molecule has 2 aliphatic rings. The van der Waals surface area contributed by atoms with Crippen molar-refractivity contribution in [1.29, 1.82) is 0 Å². The summed E-state index contributed by atoms with van der Waals surface area (Å²) in [6, 6.07) is 1.73. The Morgan fingerprint density at radius 3 is 2.91 bits per heavy atom. The maximum atomic E-state index is 13.2.